The normalized spacial score (nSPS) is 13.3. The fourth-order valence-electron chi connectivity index (χ4n) is 2.38. The number of halogens is 1. The van der Waals surface area contributed by atoms with Crippen molar-refractivity contribution in [3.63, 3.8) is 0 Å². The van der Waals surface area contributed by atoms with Crippen molar-refractivity contribution in [3.8, 4) is 0 Å². The molecular weight excluding hydrogens is 307 g/mol. The monoisotopic (exact) mass is 330 g/mol. The maximum absolute atomic E-state index is 12.9. The van der Waals surface area contributed by atoms with E-state index >= 15 is 0 Å². The summed E-state index contributed by atoms with van der Waals surface area (Å²) in [6, 6.07) is 13.3. The quantitative estimate of drug-likeness (QED) is 0.731. The largest absolute Gasteiger partial charge is 0.387 e. The van der Waals surface area contributed by atoms with Gasteiger partial charge in [-0.1, -0.05) is 30.3 Å². The van der Waals surface area contributed by atoms with Crippen LogP contribution < -0.4 is 10.6 Å². The number of nitrogens with one attached hydrogen (secondary N) is 2. The highest BCUT2D eigenvalue weighted by atomic mass is 19.1. The molecule has 2 atom stereocenters. The number of amides is 1. The summed E-state index contributed by atoms with van der Waals surface area (Å²) in [6.45, 7) is 4.12. The molecule has 0 spiro atoms. The second kappa shape index (κ2) is 8.57. The number of hydrogen-bond donors (Lipinski definition) is 3. The Labute approximate surface area is 141 Å². The highest BCUT2D eigenvalue weighted by Crippen LogP contribution is 2.14. The summed E-state index contributed by atoms with van der Waals surface area (Å²) >= 11 is 0. The van der Waals surface area contributed by atoms with Crippen LogP contribution in [0.4, 0.5) is 10.1 Å². The van der Waals surface area contributed by atoms with Gasteiger partial charge >= 0.3 is 0 Å². The van der Waals surface area contributed by atoms with Crippen LogP contribution in [-0.2, 0) is 4.79 Å². The molecule has 0 heterocycles. The molecule has 128 valence electrons. The van der Waals surface area contributed by atoms with Crippen molar-refractivity contribution in [2.45, 2.75) is 32.4 Å². The second-order valence-electron chi connectivity index (χ2n) is 5.94. The van der Waals surface area contributed by atoms with Crippen molar-refractivity contribution in [3.05, 3.63) is 65.5 Å². The number of carbonyl (C=O) groups is 1. The van der Waals surface area contributed by atoms with Gasteiger partial charge in [0.25, 0.3) is 0 Å². The summed E-state index contributed by atoms with van der Waals surface area (Å²) in [5.41, 5.74) is 2.46. The topological polar surface area (TPSA) is 61.4 Å². The molecule has 2 aromatic rings. The predicted octanol–water partition coefficient (Wildman–Crippen LogP) is 3.17. The first-order chi connectivity index (χ1) is 11.5. The molecule has 0 aliphatic heterocycles. The molecule has 0 aromatic heterocycles. The van der Waals surface area contributed by atoms with Gasteiger partial charge in [-0.05, 0) is 43.2 Å². The highest BCUT2D eigenvalue weighted by molar-refractivity contribution is 5.91. The third-order valence-electron chi connectivity index (χ3n) is 3.83. The van der Waals surface area contributed by atoms with Gasteiger partial charge < -0.3 is 15.7 Å². The van der Waals surface area contributed by atoms with E-state index in [1.54, 1.807) is 12.1 Å². The smallest absolute Gasteiger partial charge is 0.225 e. The molecule has 0 fully saturated rings. The van der Waals surface area contributed by atoms with Crippen LogP contribution in [0, 0.1) is 12.7 Å². The van der Waals surface area contributed by atoms with Crippen molar-refractivity contribution in [2.75, 3.05) is 11.9 Å². The number of rotatable bonds is 7. The number of aliphatic hydroxyl groups is 1. The summed E-state index contributed by atoms with van der Waals surface area (Å²) in [7, 11) is 0. The standard InChI is InChI=1S/C19H23FN2O2/c1-13-5-3-4-6-17(13)22-19(24)11-14(2)21-12-18(23)15-7-9-16(20)10-8-15/h3-10,14,18,21,23H,11-12H2,1-2H3,(H,22,24). The lowest BCUT2D eigenvalue weighted by molar-refractivity contribution is -0.116. The number of carbonyl (C=O) groups excluding carboxylic acids is 1. The molecule has 24 heavy (non-hydrogen) atoms. The van der Waals surface area contributed by atoms with Gasteiger partial charge in [0.15, 0.2) is 0 Å². The molecule has 1 amide bonds. The Morgan fingerprint density at radius 3 is 2.50 bits per heavy atom. The zero-order valence-electron chi connectivity index (χ0n) is 13.9. The summed E-state index contributed by atoms with van der Waals surface area (Å²) in [5.74, 6) is -0.416. The minimum absolute atomic E-state index is 0.0828. The molecule has 0 bridgehead atoms. The SMILES string of the molecule is Cc1ccccc1NC(=O)CC(C)NCC(O)c1ccc(F)cc1. The van der Waals surface area contributed by atoms with Gasteiger partial charge in [0, 0.05) is 24.7 Å². The van der Waals surface area contributed by atoms with Gasteiger partial charge in [0.2, 0.25) is 5.91 Å². The Kier molecular flexibility index (Phi) is 6.46. The molecular formula is C19H23FN2O2. The lowest BCUT2D eigenvalue weighted by atomic mass is 10.1. The molecule has 2 unspecified atom stereocenters. The number of hydrogen-bond acceptors (Lipinski definition) is 3. The van der Waals surface area contributed by atoms with Crippen LogP contribution in [0.3, 0.4) is 0 Å². The predicted molar refractivity (Wildman–Crippen MR) is 93.3 cm³/mol. The van der Waals surface area contributed by atoms with Gasteiger partial charge in [0.05, 0.1) is 6.10 Å². The maximum Gasteiger partial charge on any atom is 0.225 e. The Morgan fingerprint density at radius 2 is 1.83 bits per heavy atom. The van der Waals surface area contributed by atoms with Crippen molar-refractivity contribution < 1.29 is 14.3 Å². The Bertz CT molecular complexity index is 673. The van der Waals surface area contributed by atoms with Crippen molar-refractivity contribution >= 4 is 11.6 Å². The third kappa shape index (κ3) is 5.44. The first-order valence-electron chi connectivity index (χ1n) is 7.98. The van der Waals surface area contributed by atoms with E-state index in [9.17, 15) is 14.3 Å². The third-order valence-corrected chi connectivity index (χ3v) is 3.83. The second-order valence-corrected chi connectivity index (χ2v) is 5.94. The Balaban J connectivity index is 1.78. The van der Waals surface area contributed by atoms with Crippen LogP contribution in [0.15, 0.2) is 48.5 Å². The number of anilines is 1. The average molecular weight is 330 g/mol. The number of aryl methyl sites for hydroxylation is 1. The van der Waals surface area contributed by atoms with Gasteiger partial charge in [-0.25, -0.2) is 4.39 Å². The summed E-state index contributed by atoms with van der Waals surface area (Å²) in [4.78, 5) is 12.1. The van der Waals surface area contributed by atoms with Crippen LogP contribution in [0.25, 0.3) is 0 Å². The first kappa shape index (κ1) is 18.1. The molecule has 3 N–H and O–H groups in total. The van der Waals surface area contributed by atoms with Crippen molar-refractivity contribution in [1.82, 2.24) is 5.32 Å². The lowest BCUT2D eigenvalue weighted by Gasteiger charge is -2.17. The van der Waals surface area contributed by atoms with E-state index in [4.69, 9.17) is 0 Å². The highest BCUT2D eigenvalue weighted by Gasteiger charge is 2.13. The zero-order valence-corrected chi connectivity index (χ0v) is 13.9. The van der Waals surface area contributed by atoms with Crippen LogP contribution in [0.1, 0.15) is 30.6 Å². The molecule has 0 saturated heterocycles. The van der Waals surface area contributed by atoms with E-state index in [1.165, 1.54) is 12.1 Å². The van der Waals surface area contributed by atoms with Crippen LogP contribution in [0.5, 0.6) is 0 Å². The minimum atomic E-state index is -0.743. The Morgan fingerprint density at radius 1 is 1.17 bits per heavy atom. The minimum Gasteiger partial charge on any atom is -0.387 e. The number of aliphatic hydroxyl groups excluding tert-OH is 1. The zero-order chi connectivity index (χ0) is 17.5. The van der Waals surface area contributed by atoms with Crippen LogP contribution in [0.2, 0.25) is 0 Å². The van der Waals surface area contributed by atoms with Crippen LogP contribution >= 0.6 is 0 Å². The maximum atomic E-state index is 12.9. The van der Waals surface area contributed by atoms with Crippen molar-refractivity contribution in [1.29, 1.82) is 0 Å². The number of para-hydroxylation sites is 1. The summed E-state index contributed by atoms with van der Waals surface area (Å²) < 4.78 is 12.9. The van der Waals surface area contributed by atoms with E-state index in [0.29, 0.717) is 18.5 Å². The average Bonchev–Trinajstić information content (AvgIpc) is 2.55. The van der Waals surface area contributed by atoms with Gasteiger partial charge in [-0.15, -0.1) is 0 Å². The molecule has 2 aromatic carbocycles. The molecule has 4 nitrogen and oxygen atoms in total. The van der Waals surface area contributed by atoms with Gasteiger partial charge in [0.1, 0.15) is 5.82 Å². The fraction of sp³-hybridized carbons (Fsp3) is 0.316. The van der Waals surface area contributed by atoms with E-state index in [1.807, 2.05) is 38.1 Å². The van der Waals surface area contributed by atoms with Crippen LogP contribution in [-0.4, -0.2) is 23.6 Å². The fourth-order valence-corrected chi connectivity index (χ4v) is 2.38. The molecule has 0 radical (unpaired) electrons. The molecule has 0 aliphatic carbocycles. The van der Waals surface area contributed by atoms with Gasteiger partial charge in [-0.3, -0.25) is 4.79 Å². The Hall–Kier alpha value is -2.24. The molecule has 2 rings (SSSR count). The molecule has 0 saturated carbocycles. The lowest BCUT2D eigenvalue weighted by Crippen LogP contribution is -2.33. The first-order valence-corrected chi connectivity index (χ1v) is 7.98. The van der Waals surface area contributed by atoms with E-state index < -0.39 is 6.10 Å². The molecule has 0 aliphatic rings. The van der Waals surface area contributed by atoms with E-state index in [2.05, 4.69) is 10.6 Å². The summed E-state index contributed by atoms with van der Waals surface area (Å²) in [6.07, 6.45) is -0.447. The van der Waals surface area contributed by atoms with Crippen molar-refractivity contribution in [2.24, 2.45) is 0 Å². The molecule has 5 heteroatoms. The van der Waals surface area contributed by atoms with Gasteiger partial charge in [-0.2, -0.15) is 0 Å². The van der Waals surface area contributed by atoms with E-state index in [0.717, 1.165) is 11.3 Å². The summed E-state index contributed by atoms with van der Waals surface area (Å²) in [5, 5.41) is 16.1. The number of benzene rings is 2. The van der Waals surface area contributed by atoms with E-state index in [-0.39, 0.29) is 17.8 Å².